The number of aromatic nitrogens is 2. The second-order valence-electron chi connectivity index (χ2n) is 13.0. The number of aliphatic hydroxyl groups excluding tert-OH is 1. The fraction of sp³-hybridized carbons (Fsp3) is 0.656. The molecule has 0 unspecified atom stereocenters. The van der Waals surface area contributed by atoms with E-state index >= 15 is 0 Å². The van der Waals surface area contributed by atoms with Crippen LogP contribution >= 0.6 is 12.4 Å². The predicted octanol–water partition coefficient (Wildman–Crippen LogP) is 3.17. The maximum atomic E-state index is 13.6. The number of nitrogens with one attached hydrogen (secondary N) is 1. The molecule has 0 radical (unpaired) electrons. The molecule has 2 atom stereocenters. The van der Waals surface area contributed by atoms with Crippen LogP contribution in [-0.2, 0) is 26.2 Å². The van der Waals surface area contributed by atoms with Gasteiger partial charge in [-0.25, -0.2) is 13.1 Å². The lowest BCUT2D eigenvalue weighted by Gasteiger charge is -2.52. The molecule has 3 fully saturated rings. The van der Waals surface area contributed by atoms with Crippen molar-refractivity contribution >= 4 is 34.2 Å². The van der Waals surface area contributed by atoms with Crippen LogP contribution in [0.2, 0.25) is 0 Å². The van der Waals surface area contributed by atoms with E-state index in [1.165, 1.54) is 0 Å². The Labute approximate surface area is 273 Å². The summed E-state index contributed by atoms with van der Waals surface area (Å²) in [5.41, 5.74) is 2.89. The van der Waals surface area contributed by atoms with Crippen LogP contribution < -0.4 is 5.32 Å². The predicted molar refractivity (Wildman–Crippen MR) is 175 cm³/mol. The second-order valence-corrected chi connectivity index (χ2v) is 14.9. The topological polar surface area (TPSA) is 128 Å². The van der Waals surface area contributed by atoms with Crippen LogP contribution in [0, 0.1) is 19.8 Å². The fourth-order valence-electron chi connectivity index (χ4n) is 6.89. The van der Waals surface area contributed by atoms with Gasteiger partial charge in [-0.3, -0.25) is 14.5 Å². The molecule has 4 heterocycles. The van der Waals surface area contributed by atoms with Gasteiger partial charge < -0.3 is 15.3 Å². The first-order valence-corrected chi connectivity index (χ1v) is 17.5. The molecule has 2 amide bonds. The molecule has 5 rings (SSSR count). The summed E-state index contributed by atoms with van der Waals surface area (Å²) in [5.74, 6) is -0.491. The third kappa shape index (κ3) is 6.67. The normalized spacial score (nSPS) is 21.8. The Morgan fingerprint density at radius 3 is 2.24 bits per heavy atom. The van der Waals surface area contributed by atoms with Crippen LogP contribution in [0.5, 0.6) is 0 Å². The number of hydrogen-bond acceptors (Lipinski definition) is 7. The van der Waals surface area contributed by atoms with E-state index in [-0.39, 0.29) is 30.1 Å². The molecular weight excluding hydrogens is 616 g/mol. The monoisotopic (exact) mass is 664 g/mol. The Hall–Kier alpha value is -2.51. The van der Waals surface area contributed by atoms with Crippen molar-refractivity contribution in [2.75, 3.05) is 32.7 Å². The van der Waals surface area contributed by atoms with Crippen molar-refractivity contribution in [1.82, 2.24) is 29.2 Å². The number of aliphatic hydroxyl groups is 1. The molecule has 250 valence electrons. The molecule has 0 bridgehead atoms. The zero-order valence-corrected chi connectivity index (χ0v) is 28.8. The number of rotatable bonds is 10. The van der Waals surface area contributed by atoms with Gasteiger partial charge in [-0.1, -0.05) is 27.2 Å². The molecule has 2 N–H and O–H groups in total. The quantitative estimate of drug-likeness (QED) is 0.399. The Bertz CT molecular complexity index is 1460. The van der Waals surface area contributed by atoms with Crippen LogP contribution in [0.4, 0.5) is 0 Å². The molecule has 1 aromatic heterocycles. The van der Waals surface area contributed by atoms with Gasteiger partial charge in [-0.05, 0) is 76.1 Å². The lowest BCUT2D eigenvalue weighted by Crippen LogP contribution is -2.74. The highest BCUT2D eigenvalue weighted by Gasteiger charge is 2.54. The largest absolute Gasteiger partial charge is 0.390 e. The third-order valence-electron chi connectivity index (χ3n) is 9.81. The SMILES string of the molecule is CCCCN1C(=O)[C@@H]([C@H](O)C(C)C)NC(=O)C12CCN(Cc1c(C)nn(-c3ccc(S(=O)(=O)N4CCCC4)cc3)c1C)CC2.Cl. The summed E-state index contributed by atoms with van der Waals surface area (Å²) >= 11 is 0. The Morgan fingerprint density at radius 1 is 1.04 bits per heavy atom. The molecular formula is C32H49ClN6O5S. The molecule has 11 nitrogen and oxygen atoms in total. The van der Waals surface area contributed by atoms with Crippen molar-refractivity contribution < 1.29 is 23.1 Å². The summed E-state index contributed by atoms with van der Waals surface area (Å²) in [5, 5.41) is 18.4. The maximum Gasteiger partial charge on any atom is 0.248 e. The third-order valence-corrected chi connectivity index (χ3v) is 11.7. The number of carbonyl (C=O) groups excluding carboxylic acids is 2. The average Bonchev–Trinajstić information content (AvgIpc) is 3.65. The van der Waals surface area contributed by atoms with Crippen LogP contribution in [0.3, 0.4) is 0 Å². The molecule has 1 aromatic carbocycles. The van der Waals surface area contributed by atoms with Gasteiger partial charge in [0.15, 0.2) is 0 Å². The molecule has 1 spiro atoms. The van der Waals surface area contributed by atoms with Crippen LogP contribution in [0.15, 0.2) is 29.2 Å². The number of nitrogens with zero attached hydrogens (tertiary/aromatic N) is 5. The van der Waals surface area contributed by atoms with Gasteiger partial charge >= 0.3 is 0 Å². The number of hydrogen-bond donors (Lipinski definition) is 2. The van der Waals surface area contributed by atoms with E-state index in [0.29, 0.717) is 57.0 Å². The van der Waals surface area contributed by atoms with Crippen molar-refractivity contribution in [2.24, 2.45) is 5.92 Å². The summed E-state index contributed by atoms with van der Waals surface area (Å²) in [6.45, 7) is 13.4. The Morgan fingerprint density at radius 2 is 1.67 bits per heavy atom. The smallest absolute Gasteiger partial charge is 0.248 e. The Kier molecular flexibility index (Phi) is 11.1. The molecule has 0 saturated carbocycles. The minimum Gasteiger partial charge on any atom is -0.390 e. The summed E-state index contributed by atoms with van der Waals surface area (Å²) in [7, 11) is -3.48. The number of aryl methyl sites for hydroxylation is 1. The van der Waals surface area contributed by atoms with Gasteiger partial charge in [0.1, 0.15) is 11.6 Å². The van der Waals surface area contributed by atoms with Crippen molar-refractivity contribution in [3.63, 3.8) is 0 Å². The van der Waals surface area contributed by atoms with E-state index in [0.717, 1.165) is 48.3 Å². The average molecular weight is 665 g/mol. The van der Waals surface area contributed by atoms with Gasteiger partial charge in [0, 0.05) is 50.5 Å². The number of likely N-dealkylation sites (tertiary alicyclic amines) is 1. The van der Waals surface area contributed by atoms with Crippen LogP contribution in [-0.4, -0.2) is 99.6 Å². The molecule has 3 aliphatic heterocycles. The summed E-state index contributed by atoms with van der Waals surface area (Å²) in [6.07, 6.45) is 3.63. The summed E-state index contributed by atoms with van der Waals surface area (Å²) in [4.78, 5) is 31.6. The van der Waals surface area contributed by atoms with E-state index < -0.39 is 27.7 Å². The minimum atomic E-state index is -3.48. The number of piperidine rings is 1. The Balaban J connectivity index is 0.00000461. The first-order chi connectivity index (χ1) is 20.9. The van der Waals surface area contributed by atoms with E-state index in [1.807, 2.05) is 44.5 Å². The molecule has 2 aromatic rings. The highest BCUT2D eigenvalue weighted by atomic mass is 35.5. The number of carbonyl (C=O) groups is 2. The van der Waals surface area contributed by atoms with Crippen molar-refractivity contribution in [3.8, 4) is 5.69 Å². The first-order valence-electron chi connectivity index (χ1n) is 16.1. The van der Waals surface area contributed by atoms with Gasteiger partial charge in [-0.2, -0.15) is 9.40 Å². The van der Waals surface area contributed by atoms with Crippen LogP contribution in [0.25, 0.3) is 5.69 Å². The molecule has 0 aliphatic carbocycles. The summed E-state index contributed by atoms with van der Waals surface area (Å²) in [6, 6.07) is 6.03. The van der Waals surface area contributed by atoms with E-state index in [2.05, 4.69) is 17.1 Å². The van der Waals surface area contributed by atoms with E-state index in [4.69, 9.17) is 5.10 Å². The number of amides is 2. The molecule has 45 heavy (non-hydrogen) atoms. The fourth-order valence-corrected chi connectivity index (χ4v) is 8.41. The maximum absolute atomic E-state index is 13.6. The van der Waals surface area contributed by atoms with Crippen molar-refractivity contribution in [2.45, 2.75) is 102 Å². The second kappa shape index (κ2) is 14.1. The van der Waals surface area contributed by atoms with Gasteiger partial charge in [0.05, 0.1) is 22.4 Å². The highest BCUT2D eigenvalue weighted by molar-refractivity contribution is 7.89. The number of piperazine rings is 1. The van der Waals surface area contributed by atoms with Crippen molar-refractivity contribution in [3.05, 3.63) is 41.2 Å². The van der Waals surface area contributed by atoms with E-state index in [9.17, 15) is 23.1 Å². The minimum absolute atomic E-state index is 0. The highest BCUT2D eigenvalue weighted by Crippen LogP contribution is 2.35. The zero-order valence-electron chi connectivity index (χ0n) is 27.2. The van der Waals surface area contributed by atoms with Crippen molar-refractivity contribution in [1.29, 1.82) is 0 Å². The molecule has 13 heteroatoms. The molecule has 3 aliphatic rings. The van der Waals surface area contributed by atoms with Gasteiger partial charge in [-0.15, -0.1) is 12.4 Å². The lowest BCUT2D eigenvalue weighted by molar-refractivity contribution is -0.165. The van der Waals surface area contributed by atoms with Gasteiger partial charge in [0.2, 0.25) is 21.8 Å². The number of unbranched alkanes of at least 4 members (excludes halogenated alkanes) is 1. The number of halogens is 1. The molecule has 3 saturated heterocycles. The number of sulfonamides is 1. The van der Waals surface area contributed by atoms with E-state index in [1.54, 1.807) is 21.3 Å². The standard InChI is InChI=1S/C32H48N6O5S.ClH/c1-6-7-18-37-30(40)28(29(39)22(2)3)33-31(41)32(37)14-19-35(20-15-32)21-27-23(4)34-38(24(27)5)25-10-12-26(13-11-25)44(42,43)36-16-8-9-17-36;/h10-13,22,28-29,39H,6-9,14-21H2,1-5H3,(H,33,41);1H/t28-,29-;/m1./s1. The number of benzene rings is 1. The van der Waals surface area contributed by atoms with Crippen LogP contribution in [0.1, 0.15) is 76.2 Å². The van der Waals surface area contributed by atoms with Gasteiger partial charge in [0.25, 0.3) is 0 Å². The lowest BCUT2D eigenvalue weighted by atomic mass is 9.80. The first kappa shape index (κ1) is 35.3. The zero-order chi connectivity index (χ0) is 31.8. The summed E-state index contributed by atoms with van der Waals surface area (Å²) < 4.78 is 29.3.